The van der Waals surface area contributed by atoms with Crippen molar-refractivity contribution in [2.24, 2.45) is 5.41 Å². The molecule has 0 spiro atoms. The van der Waals surface area contributed by atoms with Gasteiger partial charge in [0.15, 0.2) is 0 Å². The Morgan fingerprint density at radius 2 is 2.08 bits per heavy atom. The van der Waals surface area contributed by atoms with E-state index in [2.05, 4.69) is 54.8 Å². The molecule has 1 heterocycles. The van der Waals surface area contributed by atoms with E-state index in [1.807, 2.05) is 0 Å². The number of hydrogen-bond acceptors (Lipinski definition) is 4. The second-order valence-electron chi connectivity index (χ2n) is 7.09. The Hall–Kier alpha value is -1.57. The number of methoxy groups -OCH3 is 1. The Balaban J connectivity index is 2.12. The molecule has 1 atom stereocenters. The minimum absolute atomic E-state index is 0.200. The highest BCUT2D eigenvalue weighted by atomic mass is 16.5. The molecule has 132 valence electrons. The van der Waals surface area contributed by atoms with Crippen molar-refractivity contribution in [1.82, 2.24) is 9.80 Å². The van der Waals surface area contributed by atoms with Crippen molar-refractivity contribution in [3.8, 4) is 11.8 Å². The van der Waals surface area contributed by atoms with Crippen LogP contribution in [0.25, 0.3) is 0 Å². The topological polar surface area (TPSA) is 39.5 Å². The van der Waals surface area contributed by atoms with E-state index in [1.54, 1.807) is 7.11 Å². The first-order chi connectivity index (χ1) is 11.5. The number of rotatable bonds is 7. The van der Waals surface area contributed by atoms with Gasteiger partial charge in [-0.3, -0.25) is 9.80 Å². The van der Waals surface area contributed by atoms with E-state index in [-0.39, 0.29) is 5.41 Å². The van der Waals surface area contributed by atoms with E-state index < -0.39 is 0 Å². The average molecular weight is 329 g/mol. The van der Waals surface area contributed by atoms with Gasteiger partial charge in [0.25, 0.3) is 0 Å². The van der Waals surface area contributed by atoms with Crippen molar-refractivity contribution in [3.05, 3.63) is 29.3 Å². The van der Waals surface area contributed by atoms with Crippen LogP contribution in [0.2, 0.25) is 0 Å². The monoisotopic (exact) mass is 329 g/mol. The molecule has 1 aromatic carbocycles. The minimum Gasteiger partial charge on any atom is -0.496 e. The first kappa shape index (κ1) is 18.8. The van der Waals surface area contributed by atoms with Gasteiger partial charge in [-0.1, -0.05) is 19.9 Å². The van der Waals surface area contributed by atoms with Crippen LogP contribution in [0, 0.1) is 16.7 Å². The first-order valence-corrected chi connectivity index (χ1v) is 9.05. The van der Waals surface area contributed by atoms with Gasteiger partial charge in [0.1, 0.15) is 5.75 Å². The molecule has 1 saturated heterocycles. The molecular weight excluding hydrogens is 298 g/mol. The van der Waals surface area contributed by atoms with Crippen LogP contribution in [0.1, 0.15) is 44.7 Å². The second kappa shape index (κ2) is 8.50. The highest BCUT2D eigenvalue weighted by Crippen LogP contribution is 2.30. The summed E-state index contributed by atoms with van der Waals surface area (Å²) in [6, 6.07) is 9.01. The Bertz CT molecular complexity index is 577. The van der Waals surface area contributed by atoms with E-state index in [9.17, 15) is 5.26 Å². The van der Waals surface area contributed by atoms with Crippen molar-refractivity contribution in [2.45, 2.75) is 46.7 Å². The highest BCUT2D eigenvalue weighted by molar-refractivity contribution is 5.37. The van der Waals surface area contributed by atoms with Crippen LogP contribution in [0.3, 0.4) is 0 Å². The van der Waals surface area contributed by atoms with Crippen LogP contribution in [0.4, 0.5) is 0 Å². The average Bonchev–Trinajstić information content (AvgIpc) is 2.60. The molecule has 0 bridgehead atoms. The molecule has 0 unspecified atom stereocenters. The highest BCUT2D eigenvalue weighted by Gasteiger charge is 2.30. The molecule has 2 rings (SSSR count). The number of likely N-dealkylation sites (tertiary alicyclic amines) is 1. The summed E-state index contributed by atoms with van der Waals surface area (Å²) in [5.41, 5.74) is 2.35. The zero-order valence-electron chi connectivity index (χ0n) is 15.6. The summed E-state index contributed by atoms with van der Waals surface area (Å²) in [5.74, 6) is 0.964. The van der Waals surface area contributed by atoms with Crippen molar-refractivity contribution in [1.29, 1.82) is 5.26 Å². The van der Waals surface area contributed by atoms with E-state index in [1.165, 1.54) is 11.1 Å². The molecule has 1 aromatic rings. The normalized spacial score (nSPS) is 21.7. The molecule has 0 aromatic heterocycles. The fraction of sp³-hybridized carbons (Fsp3) is 0.650. The zero-order chi connectivity index (χ0) is 17.6. The molecule has 4 heteroatoms. The summed E-state index contributed by atoms with van der Waals surface area (Å²) in [5, 5.41) is 9.40. The maximum atomic E-state index is 9.40. The van der Waals surface area contributed by atoms with Crippen LogP contribution in [0.15, 0.2) is 18.2 Å². The lowest BCUT2D eigenvalue weighted by atomic mass is 9.83. The van der Waals surface area contributed by atoms with Gasteiger partial charge in [-0.2, -0.15) is 5.26 Å². The van der Waals surface area contributed by atoms with Crippen molar-refractivity contribution < 1.29 is 4.74 Å². The molecule has 24 heavy (non-hydrogen) atoms. The van der Waals surface area contributed by atoms with E-state index in [0.29, 0.717) is 0 Å². The number of benzene rings is 1. The van der Waals surface area contributed by atoms with Crippen LogP contribution in [-0.4, -0.2) is 43.1 Å². The van der Waals surface area contributed by atoms with Crippen LogP contribution < -0.4 is 4.74 Å². The Labute approximate surface area is 147 Å². The van der Waals surface area contributed by atoms with Crippen LogP contribution in [-0.2, 0) is 13.1 Å². The van der Waals surface area contributed by atoms with Gasteiger partial charge >= 0.3 is 0 Å². The molecule has 0 saturated carbocycles. The van der Waals surface area contributed by atoms with Crippen LogP contribution in [0.5, 0.6) is 5.75 Å². The predicted molar refractivity (Wildman–Crippen MR) is 97.9 cm³/mol. The van der Waals surface area contributed by atoms with Gasteiger partial charge in [-0.15, -0.1) is 0 Å². The summed E-state index contributed by atoms with van der Waals surface area (Å²) in [6.07, 6.45) is 2.11. The lowest BCUT2D eigenvalue weighted by molar-refractivity contribution is 0.136. The van der Waals surface area contributed by atoms with Gasteiger partial charge in [0.05, 0.1) is 18.6 Å². The molecule has 4 nitrogen and oxygen atoms in total. The Kier molecular flexibility index (Phi) is 6.65. The summed E-state index contributed by atoms with van der Waals surface area (Å²) in [6.45, 7) is 12.3. The zero-order valence-corrected chi connectivity index (χ0v) is 15.6. The molecule has 0 radical (unpaired) electrons. The molecule has 1 aliphatic heterocycles. The van der Waals surface area contributed by atoms with Gasteiger partial charge in [0, 0.05) is 25.2 Å². The van der Waals surface area contributed by atoms with E-state index in [4.69, 9.17) is 4.74 Å². The third kappa shape index (κ3) is 4.72. The third-order valence-corrected chi connectivity index (χ3v) is 5.08. The molecule has 1 fully saturated rings. The minimum atomic E-state index is -0.200. The molecule has 0 amide bonds. The lowest BCUT2D eigenvalue weighted by Gasteiger charge is -2.36. The van der Waals surface area contributed by atoms with E-state index >= 15 is 0 Å². The maximum Gasteiger partial charge on any atom is 0.123 e. The number of piperidine rings is 1. The Morgan fingerprint density at radius 3 is 2.71 bits per heavy atom. The van der Waals surface area contributed by atoms with Crippen LogP contribution >= 0.6 is 0 Å². The van der Waals surface area contributed by atoms with Gasteiger partial charge in [0.2, 0.25) is 0 Å². The van der Waals surface area contributed by atoms with Gasteiger partial charge in [-0.25, -0.2) is 0 Å². The maximum absolute atomic E-state index is 9.40. The fourth-order valence-corrected chi connectivity index (χ4v) is 3.57. The summed E-state index contributed by atoms with van der Waals surface area (Å²) >= 11 is 0. The molecular formula is C20H31N3O. The number of hydrogen-bond donors (Lipinski definition) is 0. The summed E-state index contributed by atoms with van der Waals surface area (Å²) in [4.78, 5) is 4.81. The second-order valence-corrected chi connectivity index (χ2v) is 7.09. The fourth-order valence-electron chi connectivity index (χ4n) is 3.57. The smallest absolute Gasteiger partial charge is 0.123 e. The van der Waals surface area contributed by atoms with Gasteiger partial charge < -0.3 is 4.74 Å². The largest absolute Gasteiger partial charge is 0.496 e. The summed E-state index contributed by atoms with van der Waals surface area (Å²) in [7, 11) is 1.74. The predicted octanol–water partition coefficient (Wildman–Crippen LogP) is 3.66. The van der Waals surface area contributed by atoms with Crippen molar-refractivity contribution in [3.63, 3.8) is 0 Å². The standard InChI is InChI=1S/C20H31N3O/c1-5-22(6-2)14-18-12-17(8-9-19(18)24-4)13-23-11-7-10-20(3,15-21)16-23/h8-9,12H,5-7,10-11,13-14,16H2,1-4H3/t20-/m1/s1. The van der Waals surface area contributed by atoms with Gasteiger partial charge in [-0.05, 0) is 57.1 Å². The first-order valence-electron chi connectivity index (χ1n) is 9.05. The quantitative estimate of drug-likeness (QED) is 0.765. The van der Waals surface area contributed by atoms with Crippen molar-refractivity contribution in [2.75, 3.05) is 33.3 Å². The lowest BCUT2D eigenvalue weighted by Crippen LogP contribution is -2.40. The SMILES string of the molecule is CCN(CC)Cc1cc(CN2CCC[C@](C)(C#N)C2)ccc1OC. The van der Waals surface area contributed by atoms with E-state index in [0.717, 1.165) is 57.9 Å². The molecule has 1 aliphatic rings. The van der Waals surface area contributed by atoms with Crippen molar-refractivity contribution >= 4 is 0 Å². The molecule has 0 N–H and O–H groups in total. The molecule has 0 aliphatic carbocycles. The summed E-state index contributed by atoms with van der Waals surface area (Å²) < 4.78 is 5.55. The number of nitrogens with zero attached hydrogens (tertiary/aromatic N) is 3. The number of ether oxygens (including phenoxy) is 1. The third-order valence-electron chi connectivity index (χ3n) is 5.08. The Morgan fingerprint density at radius 1 is 1.33 bits per heavy atom. The number of nitriles is 1.